The number of hydrogen-bond donors (Lipinski definition) is 1. The van der Waals surface area contributed by atoms with E-state index in [-0.39, 0.29) is 11.2 Å². The fourth-order valence-corrected chi connectivity index (χ4v) is 2.38. The lowest BCUT2D eigenvalue weighted by molar-refractivity contribution is 0.539. The third-order valence-corrected chi connectivity index (χ3v) is 3.59. The smallest absolute Gasteiger partial charge is 0.137 e. The minimum Gasteiger partial charge on any atom is -0.373 e. The summed E-state index contributed by atoms with van der Waals surface area (Å²) in [6.07, 6.45) is 0. The molecule has 3 nitrogen and oxygen atoms in total. The van der Waals surface area contributed by atoms with Gasteiger partial charge in [-0.05, 0) is 24.3 Å². The highest BCUT2D eigenvalue weighted by Crippen LogP contribution is 2.29. The van der Waals surface area contributed by atoms with E-state index in [1.165, 1.54) is 23.9 Å². The predicted octanol–water partition coefficient (Wildman–Crippen LogP) is 4.11. The number of aromatic nitrogens is 2. The molecule has 1 N–H and O–H groups in total. The number of halogens is 1. The van der Waals surface area contributed by atoms with Crippen LogP contribution < -0.4 is 5.32 Å². The largest absolute Gasteiger partial charge is 0.373 e. The molecule has 0 amide bonds. The zero-order chi connectivity index (χ0) is 14.8. The molecule has 5 heteroatoms. The van der Waals surface area contributed by atoms with Gasteiger partial charge in [0.15, 0.2) is 0 Å². The van der Waals surface area contributed by atoms with E-state index in [2.05, 4.69) is 36.1 Å². The van der Waals surface area contributed by atoms with Crippen LogP contribution in [0.15, 0.2) is 40.3 Å². The SMILES string of the molecule is CNc1cc(Sc2ccc(F)cc2)nc(C(C)(C)C)n1. The van der Waals surface area contributed by atoms with Crippen LogP contribution in [-0.2, 0) is 5.41 Å². The van der Waals surface area contributed by atoms with Crippen molar-refractivity contribution in [1.29, 1.82) is 0 Å². The zero-order valence-corrected chi connectivity index (χ0v) is 12.9. The van der Waals surface area contributed by atoms with Gasteiger partial charge in [-0.1, -0.05) is 32.5 Å². The van der Waals surface area contributed by atoms with Crippen LogP contribution in [0, 0.1) is 5.82 Å². The summed E-state index contributed by atoms with van der Waals surface area (Å²) in [5.74, 6) is 1.34. The molecule has 2 aromatic rings. The summed E-state index contributed by atoms with van der Waals surface area (Å²) < 4.78 is 12.9. The highest BCUT2D eigenvalue weighted by Gasteiger charge is 2.19. The van der Waals surface area contributed by atoms with Gasteiger partial charge in [-0.3, -0.25) is 0 Å². The topological polar surface area (TPSA) is 37.8 Å². The van der Waals surface area contributed by atoms with Gasteiger partial charge in [-0.2, -0.15) is 0 Å². The van der Waals surface area contributed by atoms with Crippen molar-refractivity contribution >= 4 is 17.6 Å². The van der Waals surface area contributed by atoms with E-state index in [4.69, 9.17) is 0 Å². The van der Waals surface area contributed by atoms with Crippen molar-refractivity contribution in [3.63, 3.8) is 0 Å². The molecule has 2 rings (SSSR count). The molecule has 106 valence electrons. The van der Waals surface area contributed by atoms with Crippen LogP contribution in [0.2, 0.25) is 0 Å². The molecule has 0 aliphatic rings. The quantitative estimate of drug-likeness (QED) is 0.864. The van der Waals surface area contributed by atoms with Gasteiger partial charge in [0.25, 0.3) is 0 Å². The third kappa shape index (κ3) is 3.70. The van der Waals surface area contributed by atoms with Gasteiger partial charge in [0.1, 0.15) is 22.5 Å². The number of rotatable bonds is 3. The third-order valence-electron chi connectivity index (χ3n) is 2.67. The zero-order valence-electron chi connectivity index (χ0n) is 12.1. The van der Waals surface area contributed by atoms with Crippen LogP contribution in [0.1, 0.15) is 26.6 Å². The van der Waals surface area contributed by atoms with Gasteiger partial charge in [-0.25, -0.2) is 14.4 Å². The van der Waals surface area contributed by atoms with E-state index in [0.717, 1.165) is 21.6 Å². The Balaban J connectivity index is 2.33. The molecule has 0 saturated carbocycles. The maximum Gasteiger partial charge on any atom is 0.137 e. The lowest BCUT2D eigenvalue weighted by Crippen LogP contribution is -2.17. The highest BCUT2D eigenvalue weighted by atomic mass is 32.2. The molecular weight excluding hydrogens is 273 g/mol. The van der Waals surface area contributed by atoms with E-state index in [1.54, 1.807) is 12.1 Å². The summed E-state index contributed by atoms with van der Waals surface area (Å²) in [5.41, 5.74) is -0.120. The Hall–Kier alpha value is -1.62. The Morgan fingerprint density at radius 1 is 1.10 bits per heavy atom. The number of nitrogens with zero attached hydrogens (tertiary/aromatic N) is 2. The number of benzene rings is 1. The molecule has 0 fully saturated rings. The maximum atomic E-state index is 12.9. The molecule has 0 aliphatic heterocycles. The van der Waals surface area contributed by atoms with Crippen molar-refractivity contribution in [3.8, 4) is 0 Å². The standard InChI is InChI=1S/C15H18FN3S/c1-15(2,3)14-18-12(17-4)9-13(19-14)20-11-7-5-10(16)6-8-11/h5-9H,1-4H3,(H,17,18,19). The second kappa shape index (κ2) is 5.79. The van der Waals surface area contributed by atoms with Gasteiger partial charge in [0.2, 0.25) is 0 Å². The van der Waals surface area contributed by atoms with Crippen LogP contribution in [0.3, 0.4) is 0 Å². The Bertz CT molecular complexity index is 591. The number of nitrogens with one attached hydrogen (secondary N) is 1. The maximum absolute atomic E-state index is 12.9. The molecule has 20 heavy (non-hydrogen) atoms. The lowest BCUT2D eigenvalue weighted by atomic mass is 9.96. The summed E-state index contributed by atoms with van der Waals surface area (Å²) in [6, 6.07) is 8.29. The van der Waals surface area contributed by atoms with Gasteiger partial charge in [-0.15, -0.1) is 0 Å². The van der Waals surface area contributed by atoms with Gasteiger partial charge in [0.05, 0.1) is 0 Å². The average molecular weight is 291 g/mol. The number of hydrogen-bond acceptors (Lipinski definition) is 4. The van der Waals surface area contributed by atoms with Crippen LogP contribution >= 0.6 is 11.8 Å². The Morgan fingerprint density at radius 3 is 2.30 bits per heavy atom. The van der Waals surface area contributed by atoms with Crippen molar-refractivity contribution in [2.24, 2.45) is 0 Å². The first-order chi connectivity index (χ1) is 9.38. The molecule has 1 heterocycles. The van der Waals surface area contributed by atoms with Gasteiger partial charge in [0, 0.05) is 23.4 Å². The van der Waals surface area contributed by atoms with E-state index < -0.39 is 0 Å². The van der Waals surface area contributed by atoms with Crippen molar-refractivity contribution < 1.29 is 4.39 Å². The lowest BCUT2D eigenvalue weighted by Gasteiger charge is -2.18. The van der Waals surface area contributed by atoms with Gasteiger partial charge < -0.3 is 5.32 Å². The van der Waals surface area contributed by atoms with Crippen molar-refractivity contribution in [2.75, 3.05) is 12.4 Å². The Morgan fingerprint density at radius 2 is 1.75 bits per heavy atom. The molecule has 1 aromatic heterocycles. The van der Waals surface area contributed by atoms with Crippen LogP contribution in [0.25, 0.3) is 0 Å². The predicted molar refractivity (Wildman–Crippen MR) is 80.8 cm³/mol. The van der Waals surface area contributed by atoms with Gasteiger partial charge >= 0.3 is 0 Å². The fraction of sp³-hybridized carbons (Fsp3) is 0.333. The number of anilines is 1. The van der Waals surface area contributed by atoms with Crippen LogP contribution in [-0.4, -0.2) is 17.0 Å². The summed E-state index contributed by atoms with van der Waals surface area (Å²) >= 11 is 1.50. The minimum atomic E-state index is -0.233. The second-order valence-corrected chi connectivity index (χ2v) is 6.56. The first kappa shape index (κ1) is 14.8. The molecule has 0 atom stereocenters. The molecule has 0 radical (unpaired) electrons. The van der Waals surface area contributed by atoms with Crippen molar-refractivity contribution in [2.45, 2.75) is 36.1 Å². The van der Waals surface area contributed by atoms with E-state index in [1.807, 2.05) is 13.1 Å². The van der Waals surface area contributed by atoms with Crippen molar-refractivity contribution in [1.82, 2.24) is 9.97 Å². The molecule has 1 aromatic carbocycles. The van der Waals surface area contributed by atoms with E-state index in [9.17, 15) is 4.39 Å². The van der Waals surface area contributed by atoms with E-state index >= 15 is 0 Å². The molecular formula is C15H18FN3S. The summed E-state index contributed by atoms with van der Waals surface area (Å²) in [6.45, 7) is 6.23. The molecule has 0 spiro atoms. The normalized spacial score (nSPS) is 11.4. The first-order valence-corrected chi connectivity index (χ1v) is 7.21. The monoisotopic (exact) mass is 291 g/mol. The van der Waals surface area contributed by atoms with Crippen molar-refractivity contribution in [3.05, 3.63) is 42.0 Å². The average Bonchev–Trinajstić information content (AvgIpc) is 2.40. The summed E-state index contributed by atoms with van der Waals surface area (Å²) in [7, 11) is 1.83. The Labute approximate surface area is 123 Å². The fourth-order valence-electron chi connectivity index (χ4n) is 1.56. The summed E-state index contributed by atoms with van der Waals surface area (Å²) in [4.78, 5) is 10.0. The second-order valence-electron chi connectivity index (χ2n) is 5.47. The minimum absolute atomic E-state index is 0.120. The molecule has 0 unspecified atom stereocenters. The molecule has 0 saturated heterocycles. The molecule has 0 bridgehead atoms. The van der Waals surface area contributed by atoms with E-state index in [0.29, 0.717) is 0 Å². The summed E-state index contributed by atoms with van der Waals surface area (Å²) in [5, 5.41) is 3.90. The molecule has 0 aliphatic carbocycles. The van der Waals surface area contributed by atoms with Crippen LogP contribution in [0.5, 0.6) is 0 Å². The first-order valence-electron chi connectivity index (χ1n) is 6.39. The highest BCUT2D eigenvalue weighted by molar-refractivity contribution is 7.99. The Kier molecular flexibility index (Phi) is 4.28. The van der Waals surface area contributed by atoms with Crippen LogP contribution in [0.4, 0.5) is 10.2 Å².